The molecule has 0 saturated carbocycles. The van der Waals surface area contributed by atoms with E-state index in [0.29, 0.717) is 5.02 Å². The highest BCUT2D eigenvalue weighted by atomic mass is 35.5. The molecule has 3 aromatic heterocycles. The van der Waals surface area contributed by atoms with Crippen molar-refractivity contribution in [3.8, 4) is 22.4 Å². The van der Waals surface area contributed by atoms with Crippen molar-refractivity contribution >= 4 is 11.6 Å². The smallest absolute Gasteiger partial charge is 0.0782 e. The molecule has 0 spiro atoms. The first-order valence-electron chi connectivity index (χ1n) is 5.81. The predicted molar refractivity (Wildman–Crippen MR) is 75.7 cm³/mol. The van der Waals surface area contributed by atoms with Gasteiger partial charge in [0.2, 0.25) is 0 Å². The van der Waals surface area contributed by atoms with Crippen LogP contribution >= 0.6 is 11.6 Å². The molecule has 92 valence electrons. The minimum absolute atomic E-state index is 0.615. The number of hydrogen-bond donors (Lipinski definition) is 0. The van der Waals surface area contributed by atoms with Gasteiger partial charge in [-0.3, -0.25) is 15.0 Å². The first-order valence-corrected chi connectivity index (χ1v) is 6.19. The molecule has 0 atom stereocenters. The van der Waals surface area contributed by atoms with Gasteiger partial charge in [0.15, 0.2) is 0 Å². The van der Waals surface area contributed by atoms with Crippen LogP contribution in [0.2, 0.25) is 5.02 Å². The van der Waals surface area contributed by atoms with Crippen LogP contribution in [0.25, 0.3) is 22.4 Å². The Morgan fingerprint density at radius 1 is 0.789 bits per heavy atom. The van der Waals surface area contributed by atoms with Gasteiger partial charge in [-0.25, -0.2) is 0 Å². The van der Waals surface area contributed by atoms with E-state index in [1.54, 1.807) is 31.0 Å². The lowest BCUT2D eigenvalue weighted by Gasteiger charge is -2.09. The van der Waals surface area contributed by atoms with Gasteiger partial charge in [0, 0.05) is 42.1 Å². The molecule has 0 aliphatic rings. The maximum absolute atomic E-state index is 6.06. The monoisotopic (exact) mass is 267 g/mol. The highest BCUT2D eigenvalue weighted by Crippen LogP contribution is 2.31. The number of hydrogen-bond acceptors (Lipinski definition) is 3. The average Bonchev–Trinajstić information content (AvgIpc) is 2.49. The lowest BCUT2D eigenvalue weighted by Crippen LogP contribution is -1.90. The van der Waals surface area contributed by atoms with Crippen molar-refractivity contribution in [2.45, 2.75) is 0 Å². The lowest BCUT2D eigenvalue weighted by atomic mass is 10.0. The Balaban J connectivity index is 2.21. The van der Waals surface area contributed by atoms with Gasteiger partial charge in [0.05, 0.1) is 10.7 Å². The van der Waals surface area contributed by atoms with E-state index in [-0.39, 0.29) is 0 Å². The Bertz CT molecular complexity index is 684. The summed E-state index contributed by atoms with van der Waals surface area (Å²) in [5.41, 5.74) is 3.93. The predicted octanol–water partition coefficient (Wildman–Crippen LogP) is 3.86. The summed E-state index contributed by atoms with van der Waals surface area (Å²) in [5.74, 6) is 0. The third-order valence-corrected chi connectivity index (χ3v) is 3.01. The van der Waals surface area contributed by atoms with Crippen LogP contribution in [0.15, 0.2) is 61.3 Å². The first kappa shape index (κ1) is 11.8. The zero-order chi connectivity index (χ0) is 13.1. The van der Waals surface area contributed by atoms with Crippen LogP contribution < -0.4 is 0 Å². The van der Waals surface area contributed by atoms with Crippen LogP contribution in [0.4, 0.5) is 0 Å². The fraction of sp³-hybridized carbons (Fsp3) is 0. The summed E-state index contributed by atoms with van der Waals surface area (Å²) in [5, 5.41) is 0.615. The summed E-state index contributed by atoms with van der Waals surface area (Å²) in [6.07, 6.45) is 8.67. The molecule has 0 bridgehead atoms. The second-order valence-corrected chi connectivity index (χ2v) is 4.46. The quantitative estimate of drug-likeness (QED) is 0.708. The summed E-state index contributed by atoms with van der Waals surface area (Å²) in [4.78, 5) is 12.5. The lowest BCUT2D eigenvalue weighted by molar-refractivity contribution is 1.28. The van der Waals surface area contributed by atoms with Crippen LogP contribution in [0, 0.1) is 0 Å². The minimum Gasteiger partial charge on any atom is -0.265 e. The van der Waals surface area contributed by atoms with Gasteiger partial charge in [-0.2, -0.15) is 0 Å². The Morgan fingerprint density at radius 3 is 2.00 bits per heavy atom. The zero-order valence-electron chi connectivity index (χ0n) is 9.99. The van der Waals surface area contributed by atoms with Crippen molar-refractivity contribution in [1.82, 2.24) is 15.0 Å². The Hall–Kier alpha value is -2.26. The largest absolute Gasteiger partial charge is 0.265 e. The number of aromatic nitrogens is 3. The highest BCUT2D eigenvalue weighted by Gasteiger charge is 2.09. The highest BCUT2D eigenvalue weighted by molar-refractivity contribution is 6.30. The fourth-order valence-electron chi connectivity index (χ4n) is 1.93. The number of nitrogens with zero attached hydrogens (tertiary/aromatic N) is 3. The molecule has 3 nitrogen and oxygen atoms in total. The summed E-state index contributed by atoms with van der Waals surface area (Å²) >= 11 is 6.06. The molecule has 0 aliphatic heterocycles. The first-order chi connectivity index (χ1) is 9.34. The van der Waals surface area contributed by atoms with E-state index in [1.165, 1.54) is 0 Å². The molecule has 0 aliphatic carbocycles. The maximum atomic E-state index is 6.06. The molecule has 3 rings (SSSR count). The van der Waals surface area contributed by atoms with Gasteiger partial charge in [-0.15, -0.1) is 0 Å². The van der Waals surface area contributed by atoms with Crippen LogP contribution in [0.1, 0.15) is 0 Å². The van der Waals surface area contributed by atoms with E-state index in [9.17, 15) is 0 Å². The molecule has 0 saturated heterocycles. The molecule has 3 aromatic rings. The Morgan fingerprint density at radius 2 is 1.37 bits per heavy atom. The van der Waals surface area contributed by atoms with Crippen molar-refractivity contribution in [2.24, 2.45) is 0 Å². The minimum atomic E-state index is 0.615. The molecule has 0 N–H and O–H groups in total. The second-order valence-electron chi connectivity index (χ2n) is 4.02. The van der Waals surface area contributed by atoms with Crippen molar-refractivity contribution < 1.29 is 0 Å². The average molecular weight is 268 g/mol. The SMILES string of the molecule is Clc1cnc(-c2ccncc2)c(-c2ccncc2)c1. The number of rotatable bonds is 2. The van der Waals surface area contributed by atoms with Gasteiger partial charge in [-0.1, -0.05) is 11.6 Å². The van der Waals surface area contributed by atoms with Crippen molar-refractivity contribution in [3.05, 3.63) is 66.3 Å². The second kappa shape index (κ2) is 5.16. The molecule has 19 heavy (non-hydrogen) atoms. The molecule has 0 amide bonds. The summed E-state index contributed by atoms with van der Waals surface area (Å²) in [6, 6.07) is 9.66. The van der Waals surface area contributed by atoms with Gasteiger partial charge >= 0.3 is 0 Å². The Labute approximate surface area is 116 Å². The van der Waals surface area contributed by atoms with Gasteiger partial charge in [-0.05, 0) is 35.9 Å². The summed E-state index contributed by atoms with van der Waals surface area (Å²) < 4.78 is 0. The third kappa shape index (κ3) is 2.46. The van der Waals surface area contributed by atoms with E-state index in [1.807, 2.05) is 30.3 Å². The van der Waals surface area contributed by atoms with E-state index in [0.717, 1.165) is 22.4 Å². The zero-order valence-corrected chi connectivity index (χ0v) is 10.7. The fourth-order valence-corrected chi connectivity index (χ4v) is 2.09. The van der Waals surface area contributed by atoms with Crippen LogP contribution in [-0.2, 0) is 0 Å². The van der Waals surface area contributed by atoms with Crippen LogP contribution in [-0.4, -0.2) is 15.0 Å². The summed E-state index contributed by atoms with van der Waals surface area (Å²) in [7, 11) is 0. The molecule has 0 fully saturated rings. The van der Waals surface area contributed by atoms with Crippen molar-refractivity contribution in [2.75, 3.05) is 0 Å². The van der Waals surface area contributed by atoms with E-state index >= 15 is 0 Å². The number of pyridine rings is 3. The van der Waals surface area contributed by atoms with Crippen LogP contribution in [0.5, 0.6) is 0 Å². The molecular weight excluding hydrogens is 258 g/mol. The molecule has 3 heterocycles. The third-order valence-electron chi connectivity index (χ3n) is 2.80. The molecule has 0 unspecified atom stereocenters. The topological polar surface area (TPSA) is 38.7 Å². The standard InChI is InChI=1S/C15H10ClN3/c16-13-9-14(11-1-5-17-6-2-11)15(19-10-13)12-3-7-18-8-4-12/h1-10H. The molecular formula is C15H10ClN3. The normalized spacial score (nSPS) is 10.4. The van der Waals surface area contributed by atoms with Crippen LogP contribution in [0.3, 0.4) is 0 Å². The van der Waals surface area contributed by atoms with E-state index < -0.39 is 0 Å². The van der Waals surface area contributed by atoms with Crippen molar-refractivity contribution in [1.29, 1.82) is 0 Å². The Kier molecular flexibility index (Phi) is 3.21. The van der Waals surface area contributed by atoms with E-state index in [2.05, 4.69) is 15.0 Å². The number of halogens is 1. The molecule has 0 radical (unpaired) electrons. The van der Waals surface area contributed by atoms with Gasteiger partial charge < -0.3 is 0 Å². The summed E-state index contributed by atoms with van der Waals surface area (Å²) in [6.45, 7) is 0. The van der Waals surface area contributed by atoms with E-state index in [4.69, 9.17) is 11.6 Å². The molecule has 0 aromatic carbocycles. The van der Waals surface area contributed by atoms with Crippen molar-refractivity contribution in [3.63, 3.8) is 0 Å². The van der Waals surface area contributed by atoms with Gasteiger partial charge in [0.25, 0.3) is 0 Å². The molecule has 4 heteroatoms. The maximum Gasteiger partial charge on any atom is 0.0782 e. The van der Waals surface area contributed by atoms with Gasteiger partial charge in [0.1, 0.15) is 0 Å².